The predicted molar refractivity (Wildman–Crippen MR) is 82.0 cm³/mol. The van der Waals surface area contributed by atoms with Gasteiger partial charge in [-0.2, -0.15) is 4.98 Å². The lowest BCUT2D eigenvalue weighted by Gasteiger charge is -2.09. The van der Waals surface area contributed by atoms with Crippen LogP contribution in [0.15, 0.2) is 24.3 Å². The number of hydrazine groups is 1. The van der Waals surface area contributed by atoms with Crippen LogP contribution in [0.5, 0.6) is 0 Å². The molecule has 2 rings (SSSR count). The van der Waals surface area contributed by atoms with Gasteiger partial charge in [-0.15, -0.1) is 0 Å². The molecule has 5 nitrogen and oxygen atoms in total. The number of halogens is 2. The molecule has 0 aliphatic rings. The maximum Gasteiger partial charge on any atom is 0.239 e. The van der Waals surface area contributed by atoms with Crippen molar-refractivity contribution in [3.8, 4) is 0 Å². The van der Waals surface area contributed by atoms with E-state index in [2.05, 4.69) is 43.3 Å². The third kappa shape index (κ3) is 3.21. The molecule has 1 aromatic carbocycles. The standard InChI is InChI=1S/C11H11ClIN5/c1-6-4-10(17-11(15-6)18-14)16-9-3-2-7(13)5-8(9)12/h2-5H,14H2,1H3,(H2,15,16,17,18). The third-order valence-electron chi connectivity index (χ3n) is 2.18. The molecule has 1 aromatic heterocycles. The van der Waals surface area contributed by atoms with E-state index in [4.69, 9.17) is 17.4 Å². The highest BCUT2D eigenvalue weighted by Crippen LogP contribution is 2.26. The van der Waals surface area contributed by atoms with E-state index in [1.807, 2.05) is 31.2 Å². The number of aromatic nitrogens is 2. The van der Waals surface area contributed by atoms with E-state index >= 15 is 0 Å². The molecule has 7 heteroatoms. The Bertz CT molecular complexity index is 575. The van der Waals surface area contributed by atoms with Gasteiger partial charge in [0.05, 0.1) is 10.7 Å². The zero-order valence-electron chi connectivity index (χ0n) is 9.54. The monoisotopic (exact) mass is 375 g/mol. The van der Waals surface area contributed by atoms with Crippen molar-refractivity contribution in [3.05, 3.63) is 38.6 Å². The fourth-order valence-electron chi connectivity index (χ4n) is 1.43. The lowest BCUT2D eigenvalue weighted by atomic mass is 10.3. The van der Waals surface area contributed by atoms with Crippen LogP contribution < -0.4 is 16.6 Å². The van der Waals surface area contributed by atoms with Crippen LogP contribution in [-0.2, 0) is 0 Å². The molecule has 0 spiro atoms. The molecular weight excluding hydrogens is 365 g/mol. The first-order chi connectivity index (χ1) is 8.58. The van der Waals surface area contributed by atoms with Crippen molar-refractivity contribution in [1.29, 1.82) is 0 Å². The summed E-state index contributed by atoms with van der Waals surface area (Å²) in [5, 5.41) is 3.77. The van der Waals surface area contributed by atoms with Gasteiger partial charge in [0.15, 0.2) is 0 Å². The molecule has 18 heavy (non-hydrogen) atoms. The van der Waals surface area contributed by atoms with E-state index in [0.29, 0.717) is 16.8 Å². The SMILES string of the molecule is Cc1cc(Nc2ccc(I)cc2Cl)nc(NN)n1. The number of nitrogens with zero attached hydrogens (tertiary/aromatic N) is 2. The number of nitrogen functional groups attached to an aromatic ring is 1. The molecular formula is C11H11ClIN5. The Kier molecular flexibility index (Phi) is 4.20. The van der Waals surface area contributed by atoms with Gasteiger partial charge in [0.25, 0.3) is 0 Å². The van der Waals surface area contributed by atoms with Crippen LogP contribution in [0.25, 0.3) is 0 Å². The largest absolute Gasteiger partial charge is 0.339 e. The van der Waals surface area contributed by atoms with E-state index in [0.717, 1.165) is 15.0 Å². The van der Waals surface area contributed by atoms with Gasteiger partial charge >= 0.3 is 0 Å². The van der Waals surface area contributed by atoms with Crippen LogP contribution in [0, 0.1) is 10.5 Å². The molecule has 0 amide bonds. The third-order valence-corrected chi connectivity index (χ3v) is 3.16. The zero-order chi connectivity index (χ0) is 13.1. The molecule has 1 heterocycles. The van der Waals surface area contributed by atoms with Crippen molar-refractivity contribution in [2.75, 3.05) is 10.7 Å². The minimum absolute atomic E-state index is 0.360. The number of nitrogens with one attached hydrogen (secondary N) is 2. The summed E-state index contributed by atoms with van der Waals surface area (Å²) in [7, 11) is 0. The van der Waals surface area contributed by atoms with Crippen LogP contribution in [0.1, 0.15) is 5.69 Å². The van der Waals surface area contributed by atoms with Crippen LogP contribution in [-0.4, -0.2) is 9.97 Å². The maximum atomic E-state index is 6.14. The van der Waals surface area contributed by atoms with Crippen LogP contribution >= 0.6 is 34.2 Å². The van der Waals surface area contributed by atoms with Gasteiger partial charge in [-0.05, 0) is 47.7 Å². The second kappa shape index (κ2) is 5.68. The molecule has 0 aliphatic heterocycles. The number of aryl methyl sites for hydroxylation is 1. The first-order valence-corrected chi connectivity index (χ1v) is 6.58. The van der Waals surface area contributed by atoms with Crippen molar-refractivity contribution in [3.63, 3.8) is 0 Å². The van der Waals surface area contributed by atoms with E-state index in [1.165, 1.54) is 0 Å². The summed E-state index contributed by atoms with van der Waals surface area (Å²) >= 11 is 8.35. The summed E-state index contributed by atoms with van der Waals surface area (Å²) < 4.78 is 1.08. The van der Waals surface area contributed by atoms with Crippen molar-refractivity contribution in [2.45, 2.75) is 6.92 Å². The minimum atomic E-state index is 0.360. The minimum Gasteiger partial charge on any atom is -0.339 e. The van der Waals surface area contributed by atoms with E-state index in [1.54, 1.807) is 0 Å². The fourth-order valence-corrected chi connectivity index (χ4v) is 2.33. The number of rotatable bonds is 3. The summed E-state index contributed by atoms with van der Waals surface area (Å²) in [4.78, 5) is 8.30. The normalized spacial score (nSPS) is 10.2. The van der Waals surface area contributed by atoms with Gasteiger partial charge in [0.1, 0.15) is 5.82 Å². The highest BCUT2D eigenvalue weighted by molar-refractivity contribution is 14.1. The van der Waals surface area contributed by atoms with E-state index in [-0.39, 0.29) is 0 Å². The molecule has 0 unspecified atom stereocenters. The highest BCUT2D eigenvalue weighted by Gasteiger charge is 2.05. The fraction of sp³-hybridized carbons (Fsp3) is 0.0909. The topological polar surface area (TPSA) is 75.9 Å². The maximum absolute atomic E-state index is 6.14. The summed E-state index contributed by atoms with van der Waals surface area (Å²) in [6.45, 7) is 1.86. The summed E-state index contributed by atoms with van der Waals surface area (Å²) in [6.07, 6.45) is 0. The van der Waals surface area contributed by atoms with Gasteiger partial charge in [0, 0.05) is 15.3 Å². The molecule has 0 radical (unpaired) electrons. The average Bonchev–Trinajstić information content (AvgIpc) is 2.32. The molecule has 0 atom stereocenters. The van der Waals surface area contributed by atoms with Crippen LogP contribution in [0.3, 0.4) is 0 Å². The Morgan fingerprint density at radius 2 is 2.06 bits per heavy atom. The predicted octanol–water partition coefficient (Wildman–Crippen LogP) is 3.07. The van der Waals surface area contributed by atoms with Crippen LogP contribution in [0.2, 0.25) is 5.02 Å². The van der Waals surface area contributed by atoms with Crippen molar-refractivity contribution in [2.24, 2.45) is 5.84 Å². The molecule has 0 saturated carbocycles. The van der Waals surface area contributed by atoms with Crippen LogP contribution in [0.4, 0.5) is 17.5 Å². The quantitative estimate of drug-likeness (QED) is 0.437. The molecule has 94 valence electrons. The van der Waals surface area contributed by atoms with E-state index in [9.17, 15) is 0 Å². The molecule has 0 saturated heterocycles. The molecule has 0 aliphatic carbocycles. The lowest BCUT2D eigenvalue weighted by molar-refractivity contribution is 1.07. The smallest absolute Gasteiger partial charge is 0.239 e. The Balaban J connectivity index is 2.30. The average molecular weight is 376 g/mol. The molecule has 0 bridgehead atoms. The Hall–Kier alpha value is -1.12. The summed E-state index contributed by atoms with van der Waals surface area (Å²) in [5.41, 5.74) is 4.02. The second-order valence-corrected chi connectivity index (χ2v) is 5.26. The van der Waals surface area contributed by atoms with Gasteiger partial charge in [-0.3, -0.25) is 5.43 Å². The van der Waals surface area contributed by atoms with E-state index < -0.39 is 0 Å². The van der Waals surface area contributed by atoms with Gasteiger partial charge in [-0.1, -0.05) is 11.6 Å². The van der Waals surface area contributed by atoms with Crippen molar-refractivity contribution >= 4 is 51.6 Å². The Morgan fingerprint density at radius 3 is 2.72 bits per heavy atom. The number of anilines is 3. The zero-order valence-corrected chi connectivity index (χ0v) is 12.5. The molecule has 2 aromatic rings. The molecule has 4 N–H and O–H groups in total. The van der Waals surface area contributed by atoms with Gasteiger partial charge in [-0.25, -0.2) is 10.8 Å². The van der Waals surface area contributed by atoms with Crippen molar-refractivity contribution in [1.82, 2.24) is 9.97 Å². The highest BCUT2D eigenvalue weighted by atomic mass is 127. The summed E-state index contributed by atoms with van der Waals surface area (Å²) in [6, 6.07) is 7.55. The van der Waals surface area contributed by atoms with Crippen molar-refractivity contribution < 1.29 is 0 Å². The number of nitrogens with two attached hydrogens (primary N) is 1. The first-order valence-electron chi connectivity index (χ1n) is 5.13. The number of hydrogen-bond donors (Lipinski definition) is 3. The Morgan fingerprint density at radius 1 is 1.28 bits per heavy atom. The summed E-state index contributed by atoms with van der Waals surface area (Å²) in [5.74, 6) is 6.30. The first kappa shape index (κ1) is 13.3. The number of hydrogen-bond acceptors (Lipinski definition) is 5. The Labute approximate surface area is 123 Å². The lowest BCUT2D eigenvalue weighted by Crippen LogP contribution is -2.11. The second-order valence-electron chi connectivity index (χ2n) is 3.61. The number of benzene rings is 1. The van der Waals surface area contributed by atoms with Gasteiger partial charge < -0.3 is 5.32 Å². The van der Waals surface area contributed by atoms with Gasteiger partial charge in [0.2, 0.25) is 5.95 Å². The molecule has 0 fully saturated rings.